The average molecular weight is 403 g/mol. The molecule has 25 heavy (non-hydrogen) atoms. The van der Waals surface area contributed by atoms with Gasteiger partial charge < -0.3 is 14.2 Å². The molecule has 0 aliphatic rings. The molecule has 2 aromatic rings. The first-order valence-electron chi connectivity index (χ1n) is 7.53. The van der Waals surface area contributed by atoms with E-state index in [0.29, 0.717) is 22.8 Å². The molecule has 0 aliphatic heterocycles. The second-order valence-electron chi connectivity index (χ2n) is 5.04. The van der Waals surface area contributed by atoms with Crippen molar-refractivity contribution in [3.8, 4) is 17.2 Å². The van der Waals surface area contributed by atoms with Crippen molar-refractivity contribution in [2.75, 3.05) is 21.3 Å². The number of hydrogen-bond donors (Lipinski definition) is 0. The predicted octanol–water partition coefficient (Wildman–Crippen LogP) is 4.93. The first-order chi connectivity index (χ1) is 12.1. The number of benzene rings is 2. The van der Waals surface area contributed by atoms with Gasteiger partial charge in [-0.15, -0.1) is 0 Å². The summed E-state index contributed by atoms with van der Waals surface area (Å²) in [5, 5.41) is 0. The smallest absolute Gasteiger partial charge is 0.185 e. The SMILES string of the molecule is COc1cc(OC)c(OC)cc1/C=C/C=C/C(=O)c1ccc(Br)cc1. The van der Waals surface area contributed by atoms with Gasteiger partial charge in [0.05, 0.1) is 21.3 Å². The summed E-state index contributed by atoms with van der Waals surface area (Å²) in [6.45, 7) is 0. The minimum Gasteiger partial charge on any atom is -0.496 e. The van der Waals surface area contributed by atoms with Crippen LogP contribution in [-0.4, -0.2) is 27.1 Å². The largest absolute Gasteiger partial charge is 0.496 e. The van der Waals surface area contributed by atoms with Crippen molar-refractivity contribution in [1.29, 1.82) is 0 Å². The summed E-state index contributed by atoms with van der Waals surface area (Å²) >= 11 is 3.35. The lowest BCUT2D eigenvalue weighted by Crippen LogP contribution is -1.94. The number of halogens is 1. The Bertz CT molecular complexity index is 792. The minimum atomic E-state index is -0.0589. The summed E-state index contributed by atoms with van der Waals surface area (Å²) in [4.78, 5) is 12.1. The first kappa shape index (κ1) is 18.8. The molecule has 0 saturated heterocycles. The van der Waals surface area contributed by atoms with E-state index in [1.54, 1.807) is 51.7 Å². The van der Waals surface area contributed by atoms with E-state index in [1.165, 1.54) is 6.08 Å². The highest BCUT2D eigenvalue weighted by Crippen LogP contribution is 2.35. The molecule has 0 bridgehead atoms. The molecule has 0 N–H and O–H groups in total. The highest BCUT2D eigenvalue weighted by molar-refractivity contribution is 9.10. The van der Waals surface area contributed by atoms with E-state index in [9.17, 15) is 4.79 Å². The monoisotopic (exact) mass is 402 g/mol. The van der Waals surface area contributed by atoms with Gasteiger partial charge in [0, 0.05) is 21.7 Å². The van der Waals surface area contributed by atoms with Crippen molar-refractivity contribution in [3.63, 3.8) is 0 Å². The topological polar surface area (TPSA) is 44.8 Å². The quantitative estimate of drug-likeness (QED) is 0.374. The van der Waals surface area contributed by atoms with Crippen LogP contribution in [0.2, 0.25) is 0 Å². The molecule has 0 atom stereocenters. The molecule has 130 valence electrons. The number of ether oxygens (including phenoxy) is 3. The first-order valence-corrected chi connectivity index (χ1v) is 8.33. The Balaban J connectivity index is 2.15. The summed E-state index contributed by atoms with van der Waals surface area (Å²) in [5.41, 5.74) is 1.46. The van der Waals surface area contributed by atoms with Crippen LogP contribution < -0.4 is 14.2 Å². The molecule has 5 heteroatoms. The summed E-state index contributed by atoms with van der Waals surface area (Å²) in [5.74, 6) is 1.80. The lowest BCUT2D eigenvalue weighted by molar-refractivity contribution is 0.104. The summed E-state index contributed by atoms with van der Waals surface area (Å²) in [6, 6.07) is 10.8. The Kier molecular flexibility index (Phi) is 6.83. The van der Waals surface area contributed by atoms with Crippen LogP contribution >= 0.6 is 15.9 Å². The van der Waals surface area contributed by atoms with Gasteiger partial charge in [-0.1, -0.05) is 34.2 Å². The molecule has 0 spiro atoms. The van der Waals surface area contributed by atoms with E-state index in [4.69, 9.17) is 14.2 Å². The molecule has 2 aromatic carbocycles. The van der Waals surface area contributed by atoms with E-state index in [1.807, 2.05) is 24.3 Å². The van der Waals surface area contributed by atoms with Crippen LogP contribution in [0, 0.1) is 0 Å². The minimum absolute atomic E-state index is 0.0589. The third-order valence-corrected chi connectivity index (χ3v) is 4.03. The van der Waals surface area contributed by atoms with Crippen LogP contribution in [0.4, 0.5) is 0 Å². The number of allylic oxidation sites excluding steroid dienone is 3. The second-order valence-corrected chi connectivity index (χ2v) is 5.95. The van der Waals surface area contributed by atoms with Crippen molar-refractivity contribution >= 4 is 27.8 Å². The molecule has 0 fully saturated rings. The van der Waals surface area contributed by atoms with Gasteiger partial charge in [-0.2, -0.15) is 0 Å². The Morgan fingerprint density at radius 1 is 0.880 bits per heavy atom. The Labute approximate surface area is 155 Å². The van der Waals surface area contributed by atoms with Crippen molar-refractivity contribution in [2.45, 2.75) is 0 Å². The van der Waals surface area contributed by atoms with Gasteiger partial charge >= 0.3 is 0 Å². The van der Waals surface area contributed by atoms with Crippen molar-refractivity contribution in [3.05, 3.63) is 70.2 Å². The Morgan fingerprint density at radius 2 is 1.48 bits per heavy atom. The zero-order valence-corrected chi connectivity index (χ0v) is 15.9. The average Bonchev–Trinajstić information content (AvgIpc) is 2.64. The van der Waals surface area contributed by atoms with E-state index >= 15 is 0 Å². The van der Waals surface area contributed by atoms with Gasteiger partial charge in [0.25, 0.3) is 0 Å². The maximum atomic E-state index is 12.1. The number of rotatable bonds is 7. The molecule has 0 aliphatic carbocycles. The van der Waals surface area contributed by atoms with Crippen LogP contribution in [0.5, 0.6) is 17.2 Å². The van der Waals surface area contributed by atoms with Crippen LogP contribution in [-0.2, 0) is 0 Å². The van der Waals surface area contributed by atoms with Crippen molar-refractivity contribution in [1.82, 2.24) is 0 Å². The van der Waals surface area contributed by atoms with E-state index < -0.39 is 0 Å². The molecular formula is C20H19BrO4. The normalized spacial score (nSPS) is 11.0. The molecule has 0 radical (unpaired) electrons. The molecule has 0 unspecified atom stereocenters. The molecular weight excluding hydrogens is 384 g/mol. The molecule has 0 aromatic heterocycles. The third kappa shape index (κ3) is 4.97. The fourth-order valence-corrected chi connectivity index (χ4v) is 2.46. The lowest BCUT2D eigenvalue weighted by Gasteiger charge is -2.11. The maximum Gasteiger partial charge on any atom is 0.185 e. The van der Waals surface area contributed by atoms with Crippen LogP contribution in [0.1, 0.15) is 15.9 Å². The van der Waals surface area contributed by atoms with Gasteiger partial charge in [-0.3, -0.25) is 4.79 Å². The number of carbonyl (C=O) groups excluding carboxylic acids is 1. The van der Waals surface area contributed by atoms with E-state index in [2.05, 4.69) is 15.9 Å². The molecule has 0 saturated carbocycles. The number of carbonyl (C=O) groups is 1. The number of ketones is 1. The number of hydrogen-bond acceptors (Lipinski definition) is 4. The molecule has 0 heterocycles. The van der Waals surface area contributed by atoms with Crippen LogP contribution in [0.15, 0.2) is 59.1 Å². The van der Waals surface area contributed by atoms with Crippen LogP contribution in [0.25, 0.3) is 6.08 Å². The predicted molar refractivity (Wildman–Crippen MR) is 103 cm³/mol. The maximum absolute atomic E-state index is 12.1. The molecule has 4 nitrogen and oxygen atoms in total. The summed E-state index contributed by atoms with van der Waals surface area (Å²) in [7, 11) is 4.74. The molecule has 0 amide bonds. The summed E-state index contributed by atoms with van der Waals surface area (Å²) in [6.07, 6.45) is 6.83. The number of methoxy groups -OCH3 is 3. The Hall–Kier alpha value is -2.53. The summed E-state index contributed by atoms with van der Waals surface area (Å²) < 4.78 is 16.9. The Morgan fingerprint density at radius 3 is 2.08 bits per heavy atom. The fraction of sp³-hybridized carbons (Fsp3) is 0.150. The van der Waals surface area contributed by atoms with E-state index in [-0.39, 0.29) is 5.78 Å². The van der Waals surface area contributed by atoms with E-state index in [0.717, 1.165) is 10.0 Å². The van der Waals surface area contributed by atoms with Crippen molar-refractivity contribution in [2.24, 2.45) is 0 Å². The van der Waals surface area contributed by atoms with Gasteiger partial charge in [0.2, 0.25) is 0 Å². The van der Waals surface area contributed by atoms with Gasteiger partial charge in [-0.05, 0) is 36.4 Å². The second kappa shape index (κ2) is 9.08. The highest BCUT2D eigenvalue weighted by Gasteiger charge is 2.09. The zero-order valence-electron chi connectivity index (χ0n) is 14.3. The van der Waals surface area contributed by atoms with Gasteiger partial charge in [-0.25, -0.2) is 0 Å². The zero-order chi connectivity index (χ0) is 18.2. The van der Waals surface area contributed by atoms with Crippen LogP contribution in [0.3, 0.4) is 0 Å². The van der Waals surface area contributed by atoms with Gasteiger partial charge in [0.15, 0.2) is 17.3 Å². The third-order valence-electron chi connectivity index (χ3n) is 3.50. The fourth-order valence-electron chi connectivity index (χ4n) is 2.20. The van der Waals surface area contributed by atoms with Crippen molar-refractivity contribution < 1.29 is 19.0 Å². The van der Waals surface area contributed by atoms with Gasteiger partial charge in [0.1, 0.15) is 5.75 Å². The highest BCUT2D eigenvalue weighted by atomic mass is 79.9. The lowest BCUT2D eigenvalue weighted by atomic mass is 10.1. The standard InChI is InChI=1S/C20H19BrO4/c1-23-18-13-20(25-3)19(24-2)12-15(18)6-4-5-7-17(22)14-8-10-16(21)11-9-14/h4-13H,1-3H3/b6-4+,7-5+. The molecule has 2 rings (SSSR count).